The van der Waals surface area contributed by atoms with Crippen LogP contribution in [0.4, 0.5) is 0 Å². The Bertz CT molecular complexity index is 891. The van der Waals surface area contributed by atoms with Gasteiger partial charge in [-0.25, -0.2) is 0 Å². The summed E-state index contributed by atoms with van der Waals surface area (Å²) < 4.78 is 21.8. The molecule has 0 unspecified atom stereocenters. The van der Waals surface area contributed by atoms with E-state index in [9.17, 15) is 4.79 Å². The van der Waals surface area contributed by atoms with Crippen molar-refractivity contribution >= 4 is 12.0 Å². The van der Waals surface area contributed by atoms with Crippen LogP contribution in [0.3, 0.4) is 0 Å². The van der Waals surface area contributed by atoms with Crippen LogP contribution in [0.15, 0.2) is 42.5 Å². The first-order valence-electron chi connectivity index (χ1n) is 9.62. The first-order chi connectivity index (χ1) is 14.0. The summed E-state index contributed by atoms with van der Waals surface area (Å²) in [5.41, 5.74) is 1.77. The molecule has 1 heterocycles. The largest absolute Gasteiger partial charge is 0.497 e. The van der Waals surface area contributed by atoms with E-state index < -0.39 is 0 Å². The third kappa shape index (κ3) is 5.02. The minimum Gasteiger partial charge on any atom is -0.497 e. The lowest BCUT2D eigenvalue weighted by atomic mass is 9.95. The highest BCUT2D eigenvalue weighted by Gasteiger charge is 2.20. The van der Waals surface area contributed by atoms with Gasteiger partial charge in [-0.05, 0) is 41.8 Å². The highest BCUT2D eigenvalue weighted by atomic mass is 16.6. The molecule has 6 nitrogen and oxygen atoms in total. The Labute approximate surface area is 171 Å². The maximum absolute atomic E-state index is 12.6. The lowest BCUT2D eigenvalue weighted by molar-refractivity contribution is -0.117. The van der Waals surface area contributed by atoms with Crippen molar-refractivity contribution in [3.63, 3.8) is 0 Å². The number of carbonyl (C=O) groups excluding carboxylic acids is 1. The Morgan fingerprint density at radius 2 is 1.79 bits per heavy atom. The molecule has 0 aliphatic carbocycles. The molecule has 1 atom stereocenters. The van der Waals surface area contributed by atoms with Gasteiger partial charge in [-0.3, -0.25) is 4.79 Å². The number of amides is 1. The van der Waals surface area contributed by atoms with Gasteiger partial charge in [-0.2, -0.15) is 0 Å². The number of nitrogens with one attached hydrogen (secondary N) is 1. The fraction of sp³-hybridized carbons (Fsp3) is 0.348. The summed E-state index contributed by atoms with van der Waals surface area (Å²) >= 11 is 0. The SMILES string of the molecule is COc1ccc(/C=C/C(=O)N[C@@H](c2ccc3c(c2)OCCO3)C(C)C)c(OC)c1. The summed E-state index contributed by atoms with van der Waals surface area (Å²) in [6, 6.07) is 11.1. The third-order valence-corrected chi connectivity index (χ3v) is 4.74. The number of carbonyl (C=O) groups is 1. The number of hydrogen-bond acceptors (Lipinski definition) is 5. The van der Waals surface area contributed by atoms with Crippen molar-refractivity contribution in [2.24, 2.45) is 5.92 Å². The predicted octanol–water partition coefficient (Wildman–Crippen LogP) is 4.00. The Balaban J connectivity index is 1.74. The van der Waals surface area contributed by atoms with E-state index in [-0.39, 0.29) is 17.9 Å². The standard InChI is InChI=1S/C23H27NO5/c1-15(2)23(17-6-9-19-21(13-17)29-12-11-28-19)24-22(25)10-7-16-5-8-18(26-3)14-20(16)27-4/h5-10,13-15,23H,11-12H2,1-4H3,(H,24,25)/b10-7+/t23-/m1/s1. The van der Waals surface area contributed by atoms with E-state index in [1.165, 1.54) is 6.08 Å². The monoisotopic (exact) mass is 397 g/mol. The average molecular weight is 397 g/mol. The summed E-state index contributed by atoms with van der Waals surface area (Å²) in [4.78, 5) is 12.6. The lowest BCUT2D eigenvalue weighted by Crippen LogP contribution is -2.30. The number of ether oxygens (including phenoxy) is 4. The van der Waals surface area contributed by atoms with Gasteiger partial charge in [0, 0.05) is 17.7 Å². The number of rotatable bonds is 7. The smallest absolute Gasteiger partial charge is 0.244 e. The van der Waals surface area contributed by atoms with Gasteiger partial charge in [-0.15, -0.1) is 0 Å². The molecule has 154 valence electrons. The van der Waals surface area contributed by atoms with Crippen molar-refractivity contribution in [3.05, 3.63) is 53.6 Å². The number of fused-ring (bicyclic) bond motifs is 1. The zero-order chi connectivity index (χ0) is 20.8. The van der Waals surface area contributed by atoms with Crippen molar-refractivity contribution in [2.45, 2.75) is 19.9 Å². The molecule has 0 spiro atoms. The maximum Gasteiger partial charge on any atom is 0.244 e. The normalized spacial score (nSPS) is 14.0. The van der Waals surface area contributed by atoms with E-state index in [1.807, 2.05) is 30.3 Å². The number of methoxy groups -OCH3 is 2. The molecule has 2 aromatic carbocycles. The zero-order valence-electron chi connectivity index (χ0n) is 17.2. The van der Waals surface area contributed by atoms with E-state index in [2.05, 4.69) is 19.2 Å². The second kappa shape index (κ2) is 9.37. The molecule has 2 aromatic rings. The highest BCUT2D eigenvalue weighted by molar-refractivity contribution is 5.92. The van der Waals surface area contributed by atoms with E-state index in [0.29, 0.717) is 30.5 Å². The van der Waals surface area contributed by atoms with Crippen LogP contribution in [-0.4, -0.2) is 33.3 Å². The van der Waals surface area contributed by atoms with Gasteiger partial charge in [0.05, 0.1) is 20.3 Å². The molecular formula is C23H27NO5. The van der Waals surface area contributed by atoms with Crippen LogP contribution in [0.25, 0.3) is 6.08 Å². The van der Waals surface area contributed by atoms with Gasteiger partial charge >= 0.3 is 0 Å². The molecule has 0 saturated heterocycles. The number of benzene rings is 2. The van der Waals surface area contributed by atoms with Crippen LogP contribution >= 0.6 is 0 Å². The Hall–Kier alpha value is -3.15. The van der Waals surface area contributed by atoms with Crippen molar-refractivity contribution in [1.82, 2.24) is 5.32 Å². The minimum atomic E-state index is -0.184. The molecule has 0 saturated carbocycles. The van der Waals surface area contributed by atoms with Crippen LogP contribution in [-0.2, 0) is 4.79 Å². The topological polar surface area (TPSA) is 66.0 Å². The first-order valence-corrected chi connectivity index (χ1v) is 9.62. The predicted molar refractivity (Wildman–Crippen MR) is 112 cm³/mol. The van der Waals surface area contributed by atoms with E-state index in [0.717, 1.165) is 16.9 Å². The molecular weight excluding hydrogens is 370 g/mol. The minimum absolute atomic E-state index is 0.152. The van der Waals surface area contributed by atoms with E-state index in [4.69, 9.17) is 18.9 Å². The van der Waals surface area contributed by atoms with Gasteiger partial charge < -0.3 is 24.3 Å². The molecule has 1 amide bonds. The van der Waals surface area contributed by atoms with Gasteiger partial charge in [0.25, 0.3) is 0 Å². The maximum atomic E-state index is 12.6. The first kappa shape index (κ1) is 20.6. The summed E-state index contributed by atoms with van der Waals surface area (Å²) in [6.07, 6.45) is 3.24. The van der Waals surface area contributed by atoms with Crippen LogP contribution < -0.4 is 24.3 Å². The van der Waals surface area contributed by atoms with Crippen LogP contribution in [0.2, 0.25) is 0 Å². The molecule has 0 fully saturated rings. The molecule has 0 bridgehead atoms. The molecule has 29 heavy (non-hydrogen) atoms. The zero-order valence-corrected chi connectivity index (χ0v) is 17.2. The second-order valence-electron chi connectivity index (χ2n) is 7.07. The fourth-order valence-electron chi connectivity index (χ4n) is 3.21. The molecule has 1 aliphatic rings. The van der Waals surface area contributed by atoms with E-state index >= 15 is 0 Å². The van der Waals surface area contributed by atoms with Crippen LogP contribution in [0, 0.1) is 5.92 Å². The summed E-state index contributed by atoms with van der Waals surface area (Å²) in [5.74, 6) is 2.80. The molecule has 6 heteroatoms. The molecule has 0 aromatic heterocycles. The van der Waals surface area contributed by atoms with E-state index in [1.54, 1.807) is 26.4 Å². The lowest BCUT2D eigenvalue weighted by Gasteiger charge is -2.25. The summed E-state index contributed by atoms with van der Waals surface area (Å²) in [7, 11) is 3.19. The fourth-order valence-corrected chi connectivity index (χ4v) is 3.21. The van der Waals surface area contributed by atoms with Gasteiger partial charge in [0.2, 0.25) is 5.91 Å². The highest BCUT2D eigenvalue weighted by Crippen LogP contribution is 2.34. The van der Waals surface area contributed by atoms with Crippen molar-refractivity contribution < 1.29 is 23.7 Å². The molecule has 3 rings (SSSR count). The van der Waals surface area contributed by atoms with Gasteiger partial charge in [0.1, 0.15) is 24.7 Å². The second-order valence-corrected chi connectivity index (χ2v) is 7.07. The molecule has 0 radical (unpaired) electrons. The average Bonchev–Trinajstić information content (AvgIpc) is 2.75. The third-order valence-electron chi connectivity index (χ3n) is 4.74. The van der Waals surface area contributed by atoms with Crippen LogP contribution in [0.1, 0.15) is 31.0 Å². The van der Waals surface area contributed by atoms with Crippen LogP contribution in [0.5, 0.6) is 23.0 Å². The summed E-state index contributed by atoms with van der Waals surface area (Å²) in [6.45, 7) is 5.22. The Morgan fingerprint density at radius 1 is 1.03 bits per heavy atom. The van der Waals surface area contributed by atoms with Crippen molar-refractivity contribution in [2.75, 3.05) is 27.4 Å². The van der Waals surface area contributed by atoms with Gasteiger partial charge in [-0.1, -0.05) is 19.9 Å². The summed E-state index contributed by atoms with van der Waals surface area (Å²) in [5, 5.41) is 3.08. The molecule has 1 N–H and O–H groups in total. The quantitative estimate of drug-likeness (QED) is 0.716. The Kier molecular flexibility index (Phi) is 6.65. The van der Waals surface area contributed by atoms with Crippen molar-refractivity contribution in [3.8, 4) is 23.0 Å². The number of hydrogen-bond donors (Lipinski definition) is 1. The Morgan fingerprint density at radius 3 is 2.48 bits per heavy atom. The van der Waals surface area contributed by atoms with Gasteiger partial charge in [0.15, 0.2) is 11.5 Å². The molecule has 1 aliphatic heterocycles. The van der Waals surface area contributed by atoms with Crippen molar-refractivity contribution in [1.29, 1.82) is 0 Å².